The van der Waals surface area contributed by atoms with Gasteiger partial charge in [-0.1, -0.05) is 42.5 Å². The van der Waals surface area contributed by atoms with Crippen molar-refractivity contribution in [3.05, 3.63) is 65.7 Å². The number of rotatable bonds is 6. The molecule has 0 heterocycles. The molecule has 0 radical (unpaired) electrons. The molecule has 0 unspecified atom stereocenters. The molecule has 0 fully saturated rings. The third-order valence-electron chi connectivity index (χ3n) is 3.56. The Balaban J connectivity index is 1.94. The number of hydrogen-bond donors (Lipinski definition) is 2. The molecule has 2 aromatic carbocycles. The van der Waals surface area contributed by atoms with Crippen molar-refractivity contribution in [2.24, 2.45) is 5.10 Å². The van der Waals surface area contributed by atoms with Gasteiger partial charge in [-0.15, -0.1) is 0 Å². The van der Waals surface area contributed by atoms with Crippen LogP contribution in [-0.4, -0.2) is 34.9 Å². The van der Waals surface area contributed by atoms with Gasteiger partial charge < -0.3 is 4.74 Å². The number of nitrogens with one attached hydrogen (secondary N) is 1. The molecule has 0 aliphatic carbocycles. The van der Waals surface area contributed by atoms with Crippen molar-refractivity contribution in [3.63, 3.8) is 0 Å². The summed E-state index contributed by atoms with van der Waals surface area (Å²) in [6.07, 6.45) is -0.111. The van der Waals surface area contributed by atoms with Crippen molar-refractivity contribution in [3.8, 4) is 0 Å². The Hall–Kier alpha value is -3.10. The summed E-state index contributed by atoms with van der Waals surface area (Å²) in [5, 5.41) is 14.6. The number of nitrogens with zero attached hydrogens (tertiary/aromatic N) is 2. The predicted octanol–water partition coefficient (Wildman–Crippen LogP) is 2.93. The van der Waals surface area contributed by atoms with Crippen LogP contribution in [0, 0.1) is 0 Å². The van der Waals surface area contributed by atoms with E-state index in [-0.39, 0.29) is 12.1 Å². The first-order chi connectivity index (χ1) is 12.9. The van der Waals surface area contributed by atoms with Gasteiger partial charge in [-0.2, -0.15) is 10.2 Å². The molecular weight excluding hydrogens is 366 g/mol. The van der Waals surface area contributed by atoms with Crippen LogP contribution in [0.1, 0.15) is 29.3 Å². The van der Waals surface area contributed by atoms with E-state index < -0.39 is 11.9 Å². The molecule has 8 heteroatoms. The number of anilines is 1. The minimum Gasteiger partial charge on any atom is -0.465 e. The number of carbonyl (C=O) groups is 2. The third-order valence-corrected chi connectivity index (χ3v) is 3.89. The highest BCUT2D eigenvalue weighted by molar-refractivity contribution is 7.80. The van der Waals surface area contributed by atoms with Crippen LogP contribution in [0.2, 0.25) is 0 Å². The topological polar surface area (TPSA) is 91.2 Å². The number of esters is 1. The van der Waals surface area contributed by atoms with E-state index in [0.29, 0.717) is 21.3 Å². The third kappa shape index (κ3) is 5.70. The lowest BCUT2D eigenvalue weighted by atomic mass is 10.2. The maximum absolute atomic E-state index is 12.2. The van der Waals surface area contributed by atoms with Crippen LogP contribution in [-0.2, 0) is 9.53 Å². The van der Waals surface area contributed by atoms with Crippen LogP contribution in [0.15, 0.2) is 59.7 Å². The van der Waals surface area contributed by atoms with Crippen LogP contribution in [0.3, 0.4) is 0 Å². The molecule has 0 aromatic heterocycles. The fraction of sp³-hybridized carbons (Fsp3) is 0.158. The number of hydroxylamine groups is 1. The molecule has 2 N–H and O–H groups in total. The quantitative estimate of drug-likeness (QED) is 0.261. The van der Waals surface area contributed by atoms with Gasteiger partial charge in [-0.3, -0.25) is 15.4 Å². The Kier molecular flexibility index (Phi) is 7.16. The van der Waals surface area contributed by atoms with E-state index in [0.717, 1.165) is 5.56 Å². The highest BCUT2D eigenvalue weighted by atomic mass is 32.1. The lowest BCUT2D eigenvalue weighted by Crippen LogP contribution is -2.29. The van der Waals surface area contributed by atoms with Crippen LogP contribution >= 0.6 is 12.2 Å². The van der Waals surface area contributed by atoms with Gasteiger partial charge in [0.2, 0.25) is 0 Å². The molecule has 140 valence electrons. The van der Waals surface area contributed by atoms with Gasteiger partial charge in [0.15, 0.2) is 0 Å². The summed E-state index contributed by atoms with van der Waals surface area (Å²) in [5.41, 5.74) is 4.53. The molecule has 0 aliphatic rings. The van der Waals surface area contributed by atoms with Gasteiger partial charge in [0.25, 0.3) is 5.91 Å². The number of ether oxygens (including phenoxy) is 1. The zero-order chi connectivity index (χ0) is 19.8. The number of hydrogen-bond acceptors (Lipinski definition) is 6. The first kappa shape index (κ1) is 20.2. The maximum Gasteiger partial charge on any atom is 0.337 e. The van der Waals surface area contributed by atoms with E-state index >= 15 is 0 Å². The number of methoxy groups -OCH3 is 1. The predicted molar refractivity (Wildman–Crippen MR) is 106 cm³/mol. The summed E-state index contributed by atoms with van der Waals surface area (Å²) >= 11 is 5.22. The average Bonchev–Trinajstić information content (AvgIpc) is 2.71. The van der Waals surface area contributed by atoms with Crippen molar-refractivity contribution in [2.75, 3.05) is 12.2 Å². The second-order valence-corrected chi connectivity index (χ2v) is 5.98. The minimum atomic E-state index is -0.575. The molecular formula is C19H19N3O4S. The summed E-state index contributed by atoms with van der Waals surface area (Å²) in [6, 6.07) is 15.1. The van der Waals surface area contributed by atoms with E-state index in [1.807, 2.05) is 30.3 Å². The second-order valence-electron chi connectivity index (χ2n) is 5.57. The molecule has 1 amide bonds. The van der Waals surface area contributed by atoms with Crippen LogP contribution in [0.25, 0.3) is 0 Å². The summed E-state index contributed by atoms with van der Waals surface area (Å²) in [4.78, 5) is 24.0. The highest BCUT2D eigenvalue weighted by Gasteiger charge is 2.15. The van der Waals surface area contributed by atoms with Crippen molar-refractivity contribution in [1.29, 1.82) is 0 Å². The first-order valence-electron chi connectivity index (χ1n) is 8.01. The Bertz CT molecular complexity index is 851. The van der Waals surface area contributed by atoms with E-state index in [4.69, 9.17) is 12.2 Å². The number of thiocarbonyl (C=S) groups is 1. The van der Waals surface area contributed by atoms with Gasteiger partial charge in [0, 0.05) is 11.3 Å². The van der Waals surface area contributed by atoms with Gasteiger partial charge >= 0.3 is 5.97 Å². The molecule has 0 bridgehead atoms. The summed E-state index contributed by atoms with van der Waals surface area (Å²) in [7, 11) is 1.28. The number of benzene rings is 2. The molecule has 0 saturated carbocycles. The molecule has 2 rings (SSSR count). The van der Waals surface area contributed by atoms with E-state index in [9.17, 15) is 14.8 Å². The molecule has 0 aliphatic heterocycles. The van der Waals surface area contributed by atoms with Gasteiger partial charge in [-0.05, 0) is 31.2 Å². The fourth-order valence-corrected chi connectivity index (χ4v) is 2.32. The number of carbonyl (C=O) groups excluding carboxylic acids is 2. The van der Waals surface area contributed by atoms with Crippen LogP contribution < -0.4 is 10.5 Å². The van der Waals surface area contributed by atoms with Crippen LogP contribution in [0.4, 0.5) is 5.69 Å². The average molecular weight is 385 g/mol. The van der Waals surface area contributed by atoms with E-state index in [1.165, 1.54) is 31.4 Å². The standard InChI is InChI=1S/C19H19N3O4S/c1-13(20-21-18(27)14-6-4-3-5-7-14)12-17(23)22(25)16-10-8-15(9-11-16)19(24)26-2/h3-11,25H,12H2,1-2H3,(H,21,27)/b20-13+. The van der Waals surface area contributed by atoms with Crippen molar-refractivity contribution in [2.45, 2.75) is 13.3 Å². The van der Waals surface area contributed by atoms with E-state index in [1.54, 1.807) is 6.92 Å². The molecule has 27 heavy (non-hydrogen) atoms. The first-order valence-corrected chi connectivity index (χ1v) is 8.42. The zero-order valence-electron chi connectivity index (χ0n) is 14.9. The summed E-state index contributed by atoms with van der Waals surface area (Å²) in [6.45, 7) is 1.65. The molecule has 7 nitrogen and oxygen atoms in total. The minimum absolute atomic E-state index is 0.111. The monoisotopic (exact) mass is 385 g/mol. The smallest absolute Gasteiger partial charge is 0.337 e. The largest absolute Gasteiger partial charge is 0.465 e. The zero-order valence-corrected chi connectivity index (χ0v) is 15.7. The summed E-state index contributed by atoms with van der Waals surface area (Å²) < 4.78 is 4.60. The molecule has 0 spiro atoms. The summed E-state index contributed by atoms with van der Waals surface area (Å²) in [5.74, 6) is -1.07. The Morgan fingerprint density at radius 1 is 1.11 bits per heavy atom. The van der Waals surface area contributed by atoms with Crippen molar-refractivity contribution < 1.29 is 19.5 Å². The molecule has 2 aromatic rings. The van der Waals surface area contributed by atoms with Crippen molar-refractivity contribution in [1.82, 2.24) is 5.43 Å². The second kappa shape index (κ2) is 9.56. The van der Waals surface area contributed by atoms with Gasteiger partial charge in [0.1, 0.15) is 4.99 Å². The van der Waals surface area contributed by atoms with Crippen molar-refractivity contribution >= 4 is 40.5 Å². The van der Waals surface area contributed by atoms with E-state index in [2.05, 4.69) is 15.3 Å². The Morgan fingerprint density at radius 2 is 1.74 bits per heavy atom. The lowest BCUT2D eigenvalue weighted by molar-refractivity contribution is -0.122. The highest BCUT2D eigenvalue weighted by Crippen LogP contribution is 2.15. The molecule has 0 atom stereocenters. The maximum atomic E-state index is 12.2. The SMILES string of the molecule is COC(=O)c1ccc(N(O)C(=O)C/C(C)=N/NC(=S)c2ccccc2)cc1. The molecule has 0 saturated heterocycles. The Labute approximate surface area is 162 Å². The fourth-order valence-electron chi connectivity index (χ4n) is 2.13. The Morgan fingerprint density at radius 3 is 2.33 bits per heavy atom. The number of hydrazone groups is 1. The van der Waals surface area contributed by atoms with Crippen LogP contribution in [0.5, 0.6) is 0 Å². The lowest BCUT2D eigenvalue weighted by Gasteiger charge is -2.15. The van der Waals surface area contributed by atoms with Gasteiger partial charge in [-0.25, -0.2) is 4.79 Å². The van der Waals surface area contributed by atoms with Gasteiger partial charge in [0.05, 0.1) is 24.8 Å². The number of amides is 1. The normalized spacial score (nSPS) is 10.9.